The second-order valence-corrected chi connectivity index (χ2v) is 6.68. The van der Waals surface area contributed by atoms with Crippen molar-refractivity contribution in [2.75, 3.05) is 0 Å². The average Bonchev–Trinajstić information content (AvgIpc) is 3.19. The number of carbonyl (C=O) groups is 3. The molecule has 1 atom stereocenters. The molecular formula is C19H16N2O4S. The molecule has 132 valence electrons. The highest BCUT2D eigenvalue weighted by Crippen LogP contribution is 2.34. The van der Waals surface area contributed by atoms with Gasteiger partial charge in [-0.05, 0) is 55.1 Å². The first-order chi connectivity index (χ1) is 12.4. The molecule has 1 aliphatic rings. The van der Waals surface area contributed by atoms with E-state index in [4.69, 9.17) is 5.11 Å². The van der Waals surface area contributed by atoms with Crippen LogP contribution >= 0.6 is 11.8 Å². The summed E-state index contributed by atoms with van der Waals surface area (Å²) in [5.41, 5.74) is 1.49. The van der Waals surface area contributed by atoms with Crippen LogP contribution in [0.1, 0.15) is 23.0 Å². The third-order valence-electron chi connectivity index (χ3n) is 4.00. The van der Waals surface area contributed by atoms with Gasteiger partial charge in [0.25, 0.3) is 11.1 Å². The lowest BCUT2D eigenvalue weighted by Gasteiger charge is -2.17. The summed E-state index contributed by atoms with van der Waals surface area (Å²) in [4.78, 5) is 37.3. The second-order valence-electron chi connectivity index (χ2n) is 5.69. The van der Waals surface area contributed by atoms with Crippen LogP contribution in [0.15, 0.2) is 60.2 Å². The minimum Gasteiger partial charge on any atom is -0.478 e. The summed E-state index contributed by atoms with van der Waals surface area (Å²) in [6, 6.07) is 9.68. The highest BCUT2D eigenvalue weighted by Gasteiger charge is 2.37. The van der Waals surface area contributed by atoms with Gasteiger partial charge in [-0.2, -0.15) is 0 Å². The van der Waals surface area contributed by atoms with E-state index in [1.807, 2.05) is 0 Å². The molecule has 1 N–H and O–H groups in total. The third-order valence-corrected chi connectivity index (χ3v) is 4.89. The Labute approximate surface area is 154 Å². The topological polar surface area (TPSA) is 79.6 Å². The Hall–Kier alpha value is -3.06. The number of carbonyl (C=O) groups excluding carboxylic acids is 2. The Balaban J connectivity index is 1.97. The SMILES string of the molecule is C=C[C@H](C)N1C(=O)S/C(=C\c2cccn2-c2cccc(C(=O)O)c2)C1=O. The summed E-state index contributed by atoms with van der Waals surface area (Å²) in [6.07, 6.45) is 4.94. The van der Waals surface area contributed by atoms with E-state index in [1.165, 1.54) is 11.0 Å². The lowest BCUT2D eigenvalue weighted by molar-refractivity contribution is -0.123. The Morgan fingerprint density at radius 1 is 1.27 bits per heavy atom. The maximum Gasteiger partial charge on any atom is 0.335 e. The van der Waals surface area contributed by atoms with Crippen LogP contribution in [-0.4, -0.2) is 37.7 Å². The zero-order chi connectivity index (χ0) is 18.8. The Kier molecular flexibility index (Phi) is 4.81. The molecule has 1 aromatic heterocycles. The van der Waals surface area contributed by atoms with Crippen molar-refractivity contribution >= 4 is 35.0 Å². The lowest BCUT2D eigenvalue weighted by Crippen LogP contribution is -2.35. The van der Waals surface area contributed by atoms with Crippen LogP contribution in [0.3, 0.4) is 0 Å². The predicted molar refractivity (Wildman–Crippen MR) is 100 cm³/mol. The molecule has 26 heavy (non-hydrogen) atoms. The Bertz CT molecular complexity index is 945. The van der Waals surface area contributed by atoms with E-state index >= 15 is 0 Å². The predicted octanol–water partition coefficient (Wildman–Crippen LogP) is 3.79. The van der Waals surface area contributed by atoms with Gasteiger partial charge in [-0.15, -0.1) is 6.58 Å². The van der Waals surface area contributed by atoms with Crippen molar-refractivity contribution in [2.45, 2.75) is 13.0 Å². The van der Waals surface area contributed by atoms with E-state index in [0.717, 1.165) is 11.8 Å². The first-order valence-electron chi connectivity index (χ1n) is 7.83. The molecule has 0 bridgehead atoms. The number of thioether (sulfide) groups is 1. The van der Waals surface area contributed by atoms with E-state index in [-0.39, 0.29) is 22.8 Å². The fraction of sp³-hybridized carbons (Fsp3) is 0.105. The molecule has 2 amide bonds. The molecule has 1 saturated heterocycles. The number of carboxylic acids is 1. The van der Waals surface area contributed by atoms with Crippen molar-refractivity contribution in [3.63, 3.8) is 0 Å². The number of imide groups is 1. The number of benzene rings is 1. The van der Waals surface area contributed by atoms with Gasteiger partial charge in [0.2, 0.25) is 0 Å². The molecule has 7 heteroatoms. The van der Waals surface area contributed by atoms with E-state index < -0.39 is 5.97 Å². The molecule has 1 fully saturated rings. The second kappa shape index (κ2) is 7.05. The standard InChI is InChI=1S/C19H16N2O4S/c1-3-12(2)21-17(22)16(26-19(21)25)11-15-8-5-9-20(15)14-7-4-6-13(10-14)18(23)24/h3-12H,1H2,2H3,(H,23,24)/b16-11-/t12-/m0/s1. The van der Waals surface area contributed by atoms with Crippen molar-refractivity contribution in [3.8, 4) is 5.69 Å². The van der Waals surface area contributed by atoms with Gasteiger partial charge in [0.1, 0.15) is 0 Å². The molecule has 0 saturated carbocycles. The van der Waals surface area contributed by atoms with Crippen LogP contribution in [0, 0.1) is 0 Å². The van der Waals surface area contributed by atoms with Crippen LogP contribution in [0.5, 0.6) is 0 Å². The van der Waals surface area contributed by atoms with E-state index in [9.17, 15) is 14.4 Å². The van der Waals surface area contributed by atoms with Gasteiger partial charge in [0.15, 0.2) is 0 Å². The first-order valence-corrected chi connectivity index (χ1v) is 8.64. The number of amides is 2. The van der Waals surface area contributed by atoms with Crippen molar-refractivity contribution in [1.82, 2.24) is 9.47 Å². The van der Waals surface area contributed by atoms with Crippen LogP contribution in [-0.2, 0) is 4.79 Å². The minimum absolute atomic E-state index is 0.169. The maximum atomic E-state index is 12.5. The van der Waals surface area contributed by atoms with Crippen molar-refractivity contribution in [1.29, 1.82) is 0 Å². The molecule has 0 unspecified atom stereocenters. The number of carboxylic acid groups (broad SMARTS) is 1. The van der Waals surface area contributed by atoms with E-state index in [0.29, 0.717) is 16.3 Å². The Morgan fingerprint density at radius 3 is 2.73 bits per heavy atom. The summed E-state index contributed by atoms with van der Waals surface area (Å²) < 4.78 is 1.76. The lowest BCUT2D eigenvalue weighted by atomic mass is 10.2. The number of rotatable bonds is 5. The summed E-state index contributed by atoms with van der Waals surface area (Å²) >= 11 is 0.879. The van der Waals surface area contributed by atoms with Gasteiger partial charge < -0.3 is 9.67 Å². The summed E-state index contributed by atoms with van der Waals surface area (Å²) in [6.45, 7) is 5.35. The van der Waals surface area contributed by atoms with Gasteiger partial charge in [0, 0.05) is 17.6 Å². The number of nitrogens with zero attached hydrogens (tertiary/aromatic N) is 2. The summed E-state index contributed by atoms with van der Waals surface area (Å²) in [5.74, 6) is -1.38. The quantitative estimate of drug-likeness (QED) is 0.642. The first kappa shape index (κ1) is 17.8. The summed E-state index contributed by atoms with van der Waals surface area (Å²) in [7, 11) is 0. The van der Waals surface area contributed by atoms with Gasteiger partial charge in [0.05, 0.1) is 16.5 Å². The van der Waals surface area contributed by atoms with Crippen molar-refractivity contribution < 1.29 is 19.5 Å². The maximum absolute atomic E-state index is 12.5. The normalized spacial score (nSPS) is 17.0. The molecule has 1 aliphatic heterocycles. The van der Waals surface area contributed by atoms with Crippen LogP contribution in [0.2, 0.25) is 0 Å². The van der Waals surface area contributed by atoms with Crippen molar-refractivity contribution in [3.05, 3.63) is 71.4 Å². The van der Waals surface area contributed by atoms with E-state index in [2.05, 4.69) is 6.58 Å². The largest absolute Gasteiger partial charge is 0.478 e. The minimum atomic E-state index is -1.01. The number of aromatic carboxylic acids is 1. The molecule has 6 nitrogen and oxygen atoms in total. The monoisotopic (exact) mass is 368 g/mol. The molecule has 3 rings (SSSR count). The molecule has 0 aliphatic carbocycles. The summed E-state index contributed by atoms with van der Waals surface area (Å²) in [5, 5.41) is 8.82. The number of aromatic nitrogens is 1. The molecule has 1 aromatic carbocycles. The fourth-order valence-electron chi connectivity index (χ4n) is 2.61. The van der Waals surface area contributed by atoms with Crippen LogP contribution in [0.25, 0.3) is 11.8 Å². The van der Waals surface area contributed by atoms with Crippen molar-refractivity contribution in [2.24, 2.45) is 0 Å². The highest BCUT2D eigenvalue weighted by atomic mass is 32.2. The Morgan fingerprint density at radius 2 is 2.04 bits per heavy atom. The van der Waals surface area contributed by atoms with Gasteiger partial charge in [-0.3, -0.25) is 14.5 Å². The van der Waals surface area contributed by atoms with Gasteiger partial charge in [-0.1, -0.05) is 12.1 Å². The molecular weight excluding hydrogens is 352 g/mol. The molecule has 2 heterocycles. The highest BCUT2D eigenvalue weighted by molar-refractivity contribution is 8.18. The van der Waals surface area contributed by atoms with Crippen LogP contribution < -0.4 is 0 Å². The zero-order valence-electron chi connectivity index (χ0n) is 14.0. The zero-order valence-corrected chi connectivity index (χ0v) is 14.8. The van der Waals surface area contributed by atoms with Crippen LogP contribution in [0.4, 0.5) is 4.79 Å². The molecule has 2 aromatic rings. The fourth-order valence-corrected chi connectivity index (χ4v) is 3.51. The average molecular weight is 368 g/mol. The smallest absolute Gasteiger partial charge is 0.335 e. The molecule has 0 spiro atoms. The number of hydrogen-bond donors (Lipinski definition) is 1. The van der Waals surface area contributed by atoms with E-state index in [1.54, 1.807) is 60.2 Å². The number of hydrogen-bond acceptors (Lipinski definition) is 4. The van der Waals surface area contributed by atoms with Gasteiger partial charge in [-0.25, -0.2) is 4.79 Å². The molecule has 0 radical (unpaired) electrons. The third kappa shape index (κ3) is 3.21. The van der Waals surface area contributed by atoms with Gasteiger partial charge >= 0.3 is 5.97 Å².